The number of amides is 1. The number of hydrogen-bond acceptors (Lipinski definition) is 3. The maximum Gasteiger partial charge on any atom is 0.255 e. The summed E-state index contributed by atoms with van der Waals surface area (Å²) in [6, 6.07) is 16.2. The highest BCUT2D eigenvalue weighted by atomic mass is 35.5. The minimum Gasteiger partial charge on any atom is -0.398 e. The van der Waals surface area contributed by atoms with E-state index < -0.39 is 11.0 Å². The molecule has 1 aliphatic rings. The molecule has 5 nitrogen and oxygen atoms in total. The first-order valence-electron chi connectivity index (χ1n) is 9.09. The third-order valence-electron chi connectivity index (χ3n) is 4.86. The maximum absolute atomic E-state index is 12.7. The molecule has 0 aliphatic carbocycles. The van der Waals surface area contributed by atoms with Crippen molar-refractivity contribution in [3.63, 3.8) is 0 Å². The van der Waals surface area contributed by atoms with Gasteiger partial charge in [0.05, 0.1) is 5.02 Å². The predicted molar refractivity (Wildman–Crippen MR) is 117 cm³/mol. The molecule has 7 heteroatoms. The fraction of sp³-hybridized carbons (Fsp3) is 0.190. The summed E-state index contributed by atoms with van der Waals surface area (Å²) in [5, 5.41) is 5.00. The van der Waals surface area contributed by atoms with Gasteiger partial charge < -0.3 is 11.1 Å². The molecule has 1 aliphatic heterocycles. The summed E-state index contributed by atoms with van der Waals surface area (Å²) in [6.07, 6.45) is 2.02. The zero-order valence-corrected chi connectivity index (χ0v) is 16.7. The molecule has 1 amide bonds. The van der Waals surface area contributed by atoms with Gasteiger partial charge in [-0.3, -0.25) is 9.10 Å². The minimum absolute atomic E-state index is 0.225. The molecule has 3 N–H and O–H groups in total. The highest BCUT2D eigenvalue weighted by Gasteiger charge is 2.19. The summed E-state index contributed by atoms with van der Waals surface area (Å²) in [6.45, 7) is 0.774. The van der Waals surface area contributed by atoms with Gasteiger partial charge in [-0.25, -0.2) is 4.21 Å². The van der Waals surface area contributed by atoms with Gasteiger partial charge in [-0.2, -0.15) is 0 Å². The van der Waals surface area contributed by atoms with Crippen molar-refractivity contribution < 1.29 is 9.00 Å². The van der Waals surface area contributed by atoms with Crippen LogP contribution in [0.3, 0.4) is 0 Å². The van der Waals surface area contributed by atoms with E-state index in [1.165, 1.54) is 0 Å². The van der Waals surface area contributed by atoms with E-state index in [9.17, 15) is 9.00 Å². The summed E-state index contributed by atoms with van der Waals surface area (Å²) in [4.78, 5) is 12.7. The molecule has 28 heavy (non-hydrogen) atoms. The van der Waals surface area contributed by atoms with Gasteiger partial charge in [0.15, 0.2) is 0 Å². The van der Waals surface area contributed by atoms with Crippen molar-refractivity contribution in [3.05, 3.63) is 65.2 Å². The minimum atomic E-state index is -0.990. The molecule has 4 rings (SSSR count). The Morgan fingerprint density at radius 1 is 1.07 bits per heavy atom. The van der Waals surface area contributed by atoms with E-state index in [4.69, 9.17) is 17.3 Å². The van der Waals surface area contributed by atoms with Crippen LogP contribution in [0.2, 0.25) is 5.02 Å². The van der Waals surface area contributed by atoms with Crippen LogP contribution in [-0.2, 0) is 11.0 Å². The van der Waals surface area contributed by atoms with Crippen molar-refractivity contribution >= 4 is 56.3 Å². The standard InChI is InChI=1S/C21H20ClN3O2S/c22-17-10-11-19(16-4-3-5-18(23)20(16)17)24-21(26)14-6-8-15(9-7-14)25-12-1-2-13-28(25)27/h3-11H,1-2,12-13,23H2,(H,24,26). The second-order valence-corrected chi connectivity index (χ2v) is 8.60. The average molecular weight is 414 g/mol. The van der Waals surface area contributed by atoms with Gasteiger partial charge in [0, 0.05) is 45.7 Å². The second kappa shape index (κ2) is 7.81. The van der Waals surface area contributed by atoms with E-state index in [1.54, 1.807) is 30.3 Å². The molecular formula is C21H20ClN3O2S. The van der Waals surface area contributed by atoms with E-state index in [1.807, 2.05) is 28.6 Å². The SMILES string of the molecule is Nc1cccc2c(NC(=O)c3ccc(N4CCCCS4=O)cc3)ccc(Cl)c12. The van der Waals surface area contributed by atoms with Crippen molar-refractivity contribution in [1.82, 2.24) is 0 Å². The molecule has 0 radical (unpaired) electrons. The predicted octanol–water partition coefficient (Wildman–Crippen LogP) is 4.59. The van der Waals surface area contributed by atoms with E-state index in [0.717, 1.165) is 35.8 Å². The number of nitrogens with zero attached hydrogens (tertiary/aromatic N) is 1. The molecular weight excluding hydrogens is 394 g/mol. The molecule has 3 aromatic carbocycles. The summed E-state index contributed by atoms with van der Waals surface area (Å²) in [5.41, 5.74) is 8.66. The Balaban J connectivity index is 1.58. The second-order valence-electron chi connectivity index (χ2n) is 6.70. The Hall–Kier alpha value is -2.57. The number of carbonyl (C=O) groups is 1. The molecule has 1 atom stereocenters. The zero-order valence-electron chi connectivity index (χ0n) is 15.2. The lowest BCUT2D eigenvalue weighted by Gasteiger charge is -2.27. The first kappa shape index (κ1) is 18.8. The van der Waals surface area contributed by atoms with E-state index in [2.05, 4.69) is 5.32 Å². The van der Waals surface area contributed by atoms with Crippen LogP contribution in [0.1, 0.15) is 23.2 Å². The van der Waals surface area contributed by atoms with Crippen LogP contribution in [0.25, 0.3) is 10.8 Å². The monoisotopic (exact) mass is 413 g/mol. The van der Waals surface area contributed by atoms with Gasteiger partial charge in [-0.15, -0.1) is 0 Å². The lowest BCUT2D eigenvalue weighted by molar-refractivity contribution is 0.102. The summed E-state index contributed by atoms with van der Waals surface area (Å²) >= 11 is 6.27. The third-order valence-corrected chi connectivity index (χ3v) is 6.70. The number of nitrogens with two attached hydrogens (primary N) is 1. The number of hydrogen-bond donors (Lipinski definition) is 2. The number of benzene rings is 3. The fourth-order valence-corrected chi connectivity index (χ4v) is 5.05. The van der Waals surface area contributed by atoms with Gasteiger partial charge >= 0.3 is 0 Å². The molecule has 0 saturated carbocycles. The van der Waals surface area contributed by atoms with Crippen LogP contribution in [0.15, 0.2) is 54.6 Å². The number of halogens is 1. The zero-order chi connectivity index (χ0) is 19.7. The number of rotatable bonds is 3. The smallest absolute Gasteiger partial charge is 0.255 e. The summed E-state index contributed by atoms with van der Waals surface area (Å²) < 4.78 is 14.1. The number of anilines is 3. The molecule has 1 unspecified atom stereocenters. The molecule has 0 spiro atoms. The first-order valence-corrected chi connectivity index (χ1v) is 10.7. The highest BCUT2D eigenvalue weighted by molar-refractivity contribution is 7.86. The van der Waals surface area contributed by atoms with Crippen LogP contribution >= 0.6 is 11.6 Å². The van der Waals surface area contributed by atoms with E-state index in [-0.39, 0.29) is 5.91 Å². The van der Waals surface area contributed by atoms with Crippen molar-refractivity contribution in [2.45, 2.75) is 12.8 Å². The van der Waals surface area contributed by atoms with Gasteiger partial charge in [0.25, 0.3) is 5.91 Å². The Labute approximate surface area is 171 Å². The molecule has 1 saturated heterocycles. The van der Waals surface area contributed by atoms with Crippen LogP contribution in [-0.4, -0.2) is 22.4 Å². The van der Waals surface area contributed by atoms with Gasteiger partial charge in [-0.1, -0.05) is 23.7 Å². The Morgan fingerprint density at radius 2 is 1.86 bits per heavy atom. The number of carbonyl (C=O) groups excluding carboxylic acids is 1. The number of nitrogens with one attached hydrogen (secondary N) is 1. The third kappa shape index (κ3) is 3.57. The summed E-state index contributed by atoms with van der Waals surface area (Å²) in [7, 11) is -0.990. The number of fused-ring (bicyclic) bond motifs is 1. The quantitative estimate of drug-likeness (QED) is 0.616. The van der Waals surface area contributed by atoms with Crippen LogP contribution in [0, 0.1) is 0 Å². The molecule has 1 fully saturated rings. The first-order chi connectivity index (χ1) is 13.5. The molecule has 0 bridgehead atoms. The van der Waals surface area contributed by atoms with Gasteiger partial charge in [0.2, 0.25) is 0 Å². The van der Waals surface area contributed by atoms with Crippen LogP contribution < -0.4 is 15.4 Å². The molecule has 3 aromatic rings. The van der Waals surface area contributed by atoms with Gasteiger partial charge in [-0.05, 0) is 55.3 Å². The number of nitrogen functional groups attached to an aromatic ring is 1. The van der Waals surface area contributed by atoms with E-state index >= 15 is 0 Å². The van der Waals surface area contributed by atoms with Crippen molar-refractivity contribution in [2.75, 3.05) is 27.7 Å². The van der Waals surface area contributed by atoms with Crippen LogP contribution in [0.5, 0.6) is 0 Å². The molecule has 0 aromatic heterocycles. The lowest BCUT2D eigenvalue weighted by atomic mass is 10.1. The molecule has 144 valence electrons. The summed E-state index contributed by atoms with van der Waals surface area (Å²) in [5.74, 6) is 0.465. The largest absolute Gasteiger partial charge is 0.398 e. The Morgan fingerprint density at radius 3 is 2.61 bits per heavy atom. The van der Waals surface area contributed by atoms with Gasteiger partial charge in [0.1, 0.15) is 11.0 Å². The normalized spacial score (nSPS) is 16.9. The van der Waals surface area contributed by atoms with Crippen molar-refractivity contribution in [2.24, 2.45) is 0 Å². The molecule has 1 heterocycles. The van der Waals surface area contributed by atoms with E-state index in [0.29, 0.717) is 27.7 Å². The Kier molecular flexibility index (Phi) is 5.24. The Bertz CT molecular complexity index is 1060. The fourth-order valence-electron chi connectivity index (χ4n) is 3.41. The van der Waals surface area contributed by atoms with Crippen LogP contribution in [0.4, 0.5) is 17.1 Å². The van der Waals surface area contributed by atoms with Crippen molar-refractivity contribution in [3.8, 4) is 0 Å². The maximum atomic E-state index is 12.7. The highest BCUT2D eigenvalue weighted by Crippen LogP contribution is 2.34. The average Bonchev–Trinajstić information content (AvgIpc) is 2.70. The lowest BCUT2D eigenvalue weighted by Crippen LogP contribution is -2.32. The topological polar surface area (TPSA) is 75.4 Å². The van der Waals surface area contributed by atoms with Crippen molar-refractivity contribution in [1.29, 1.82) is 0 Å².